The lowest BCUT2D eigenvalue weighted by molar-refractivity contribution is -0.937. The normalized spacial score (nSPS) is 17.4. The van der Waals surface area contributed by atoms with Crippen molar-refractivity contribution >= 4 is 5.69 Å². The molecule has 1 saturated heterocycles. The van der Waals surface area contributed by atoms with Gasteiger partial charge in [0.05, 0.1) is 31.2 Å². The van der Waals surface area contributed by atoms with Crippen molar-refractivity contribution < 1.29 is 14.1 Å². The van der Waals surface area contributed by atoms with E-state index in [2.05, 4.69) is 37.3 Å². The van der Waals surface area contributed by atoms with E-state index >= 15 is 0 Å². The summed E-state index contributed by atoms with van der Waals surface area (Å²) in [6.45, 7) is 8.27. The Morgan fingerprint density at radius 2 is 1.70 bits per heavy atom. The van der Waals surface area contributed by atoms with E-state index in [1.54, 1.807) is 12.1 Å². The van der Waals surface area contributed by atoms with Crippen molar-refractivity contribution in [3.63, 3.8) is 0 Å². The molecule has 27 heavy (non-hydrogen) atoms. The molecule has 144 valence electrons. The number of hydrogen-bond acceptors (Lipinski definition) is 3. The van der Waals surface area contributed by atoms with Crippen molar-refractivity contribution in [2.75, 3.05) is 39.4 Å². The minimum Gasteiger partial charge on any atom is -0.370 e. The van der Waals surface area contributed by atoms with Gasteiger partial charge in [-0.2, -0.15) is 0 Å². The third-order valence-corrected chi connectivity index (χ3v) is 5.57. The molecule has 1 fully saturated rings. The molecule has 0 N–H and O–H groups in total. The number of nitrogens with zero attached hydrogens (tertiary/aromatic N) is 2. The van der Waals surface area contributed by atoms with Gasteiger partial charge in [0.2, 0.25) is 0 Å². The fourth-order valence-corrected chi connectivity index (χ4v) is 4.12. The molecule has 1 unspecified atom stereocenters. The minimum atomic E-state index is -0.342. The molecule has 0 radical (unpaired) electrons. The van der Waals surface area contributed by atoms with E-state index in [0.29, 0.717) is 5.92 Å². The second kappa shape index (κ2) is 9.11. The monoisotopic (exact) mass is 369 g/mol. The second-order valence-corrected chi connectivity index (χ2v) is 7.78. The van der Waals surface area contributed by atoms with E-state index in [4.69, 9.17) is 4.74 Å². The van der Waals surface area contributed by atoms with Crippen LogP contribution < -0.4 is 0 Å². The largest absolute Gasteiger partial charge is 0.370 e. The van der Waals surface area contributed by atoms with Crippen molar-refractivity contribution in [2.24, 2.45) is 5.92 Å². The summed E-state index contributed by atoms with van der Waals surface area (Å²) < 4.78 is 6.70. The molecule has 0 bridgehead atoms. The molecular weight excluding hydrogens is 340 g/mol. The number of benzene rings is 2. The van der Waals surface area contributed by atoms with Crippen LogP contribution in [0.2, 0.25) is 0 Å². The molecule has 0 saturated carbocycles. The second-order valence-electron chi connectivity index (χ2n) is 7.78. The molecule has 0 spiro atoms. The van der Waals surface area contributed by atoms with E-state index in [-0.39, 0.29) is 10.6 Å². The van der Waals surface area contributed by atoms with Gasteiger partial charge >= 0.3 is 0 Å². The molecular formula is C22H29N2O3+. The summed E-state index contributed by atoms with van der Waals surface area (Å²) in [6, 6.07) is 17.7. The lowest BCUT2D eigenvalue weighted by Gasteiger charge is -2.43. The van der Waals surface area contributed by atoms with Gasteiger partial charge in [0.25, 0.3) is 5.69 Å². The topological polar surface area (TPSA) is 52.4 Å². The number of rotatable bonds is 8. The third kappa shape index (κ3) is 5.62. The van der Waals surface area contributed by atoms with E-state index in [1.165, 1.54) is 11.1 Å². The predicted molar refractivity (Wildman–Crippen MR) is 107 cm³/mol. The van der Waals surface area contributed by atoms with Crippen LogP contribution in [0, 0.1) is 16.0 Å². The molecule has 1 aliphatic heterocycles. The fraction of sp³-hybridized carbons (Fsp3) is 0.455. The highest BCUT2D eigenvalue weighted by Crippen LogP contribution is 2.20. The van der Waals surface area contributed by atoms with Gasteiger partial charge in [-0.1, -0.05) is 49.4 Å². The van der Waals surface area contributed by atoms with E-state index in [9.17, 15) is 10.1 Å². The van der Waals surface area contributed by atoms with Crippen molar-refractivity contribution in [3.8, 4) is 0 Å². The Morgan fingerprint density at radius 1 is 1.04 bits per heavy atom. The number of morpholine rings is 1. The van der Waals surface area contributed by atoms with Crippen LogP contribution in [0.4, 0.5) is 5.69 Å². The number of nitro benzene ring substituents is 1. The summed E-state index contributed by atoms with van der Waals surface area (Å²) in [5.41, 5.74) is 2.72. The molecule has 0 aliphatic carbocycles. The quantitative estimate of drug-likeness (QED) is 0.403. The minimum absolute atomic E-state index is 0.158. The molecule has 0 amide bonds. The molecule has 2 aromatic carbocycles. The van der Waals surface area contributed by atoms with Crippen LogP contribution in [0.5, 0.6) is 0 Å². The van der Waals surface area contributed by atoms with E-state index < -0.39 is 0 Å². The third-order valence-electron chi connectivity index (χ3n) is 5.57. The number of quaternary nitrogens is 1. The smallest absolute Gasteiger partial charge is 0.269 e. The van der Waals surface area contributed by atoms with Crippen LogP contribution in [0.1, 0.15) is 18.1 Å². The first kappa shape index (κ1) is 19.5. The highest BCUT2D eigenvalue weighted by atomic mass is 16.6. The van der Waals surface area contributed by atoms with E-state index in [1.807, 2.05) is 12.1 Å². The van der Waals surface area contributed by atoms with Gasteiger partial charge in [0.1, 0.15) is 13.1 Å². The van der Waals surface area contributed by atoms with Crippen molar-refractivity contribution in [1.29, 1.82) is 0 Å². The van der Waals surface area contributed by atoms with Gasteiger partial charge in [0, 0.05) is 24.5 Å². The van der Waals surface area contributed by atoms with Crippen LogP contribution in [-0.4, -0.2) is 48.8 Å². The predicted octanol–water partition coefficient (Wildman–Crippen LogP) is 3.86. The molecule has 1 aliphatic rings. The summed E-state index contributed by atoms with van der Waals surface area (Å²) in [4.78, 5) is 10.5. The fourth-order valence-electron chi connectivity index (χ4n) is 4.12. The maximum atomic E-state index is 10.8. The van der Waals surface area contributed by atoms with Crippen LogP contribution in [0.25, 0.3) is 0 Å². The lowest BCUT2D eigenvalue weighted by atomic mass is 9.98. The Hall–Kier alpha value is -2.24. The van der Waals surface area contributed by atoms with Crippen LogP contribution in [-0.2, 0) is 17.6 Å². The molecule has 5 heteroatoms. The first-order valence-electron chi connectivity index (χ1n) is 9.76. The molecule has 5 nitrogen and oxygen atoms in total. The van der Waals surface area contributed by atoms with Crippen molar-refractivity contribution in [2.45, 2.75) is 19.8 Å². The zero-order chi connectivity index (χ0) is 19.1. The highest BCUT2D eigenvalue weighted by Gasteiger charge is 2.32. The highest BCUT2D eigenvalue weighted by molar-refractivity contribution is 5.32. The Balaban J connectivity index is 1.62. The summed E-state index contributed by atoms with van der Waals surface area (Å²) >= 11 is 0. The van der Waals surface area contributed by atoms with Gasteiger partial charge in [-0.25, -0.2) is 0 Å². The Bertz CT molecular complexity index is 725. The average molecular weight is 369 g/mol. The number of ether oxygens (including phenoxy) is 1. The number of non-ortho nitro benzene ring substituents is 1. The van der Waals surface area contributed by atoms with E-state index in [0.717, 1.165) is 56.7 Å². The van der Waals surface area contributed by atoms with Crippen molar-refractivity contribution in [1.82, 2.24) is 0 Å². The van der Waals surface area contributed by atoms with Crippen molar-refractivity contribution in [3.05, 3.63) is 75.8 Å². The zero-order valence-corrected chi connectivity index (χ0v) is 16.0. The Kier molecular flexibility index (Phi) is 6.58. The molecule has 2 aromatic rings. The van der Waals surface area contributed by atoms with Crippen LogP contribution in [0.3, 0.4) is 0 Å². The molecule has 3 rings (SSSR count). The lowest BCUT2D eigenvalue weighted by Crippen LogP contribution is -2.58. The molecule has 0 aromatic heterocycles. The summed E-state index contributed by atoms with van der Waals surface area (Å²) in [6.07, 6.45) is 2.04. The first-order valence-corrected chi connectivity index (χ1v) is 9.76. The Labute approximate surface area is 161 Å². The SMILES string of the molecule is CC(Cc1ccccc1)C[N+]1(CCc2ccc([N+](=O)[O-])cc2)CCOCC1. The first-order chi connectivity index (χ1) is 13.1. The average Bonchev–Trinajstić information content (AvgIpc) is 2.68. The number of nitro groups is 1. The summed E-state index contributed by atoms with van der Waals surface area (Å²) in [5.74, 6) is 0.599. The summed E-state index contributed by atoms with van der Waals surface area (Å²) in [5, 5.41) is 10.8. The van der Waals surface area contributed by atoms with Gasteiger partial charge in [0.15, 0.2) is 0 Å². The van der Waals surface area contributed by atoms with Gasteiger partial charge in [-0.15, -0.1) is 0 Å². The Morgan fingerprint density at radius 3 is 2.33 bits per heavy atom. The maximum absolute atomic E-state index is 10.8. The van der Waals surface area contributed by atoms with Crippen LogP contribution in [0.15, 0.2) is 54.6 Å². The maximum Gasteiger partial charge on any atom is 0.269 e. The zero-order valence-electron chi connectivity index (χ0n) is 16.0. The number of hydrogen-bond donors (Lipinski definition) is 0. The standard InChI is InChI=1S/C22H29N2O3/c1-19(17-21-5-3-2-4-6-21)18-24(13-15-27-16-14-24)12-11-20-7-9-22(10-8-20)23(25)26/h2-10,19H,11-18H2,1H3/q+1. The summed E-state index contributed by atoms with van der Waals surface area (Å²) in [7, 11) is 0. The molecule has 1 heterocycles. The van der Waals surface area contributed by atoms with Gasteiger partial charge < -0.3 is 9.22 Å². The van der Waals surface area contributed by atoms with Gasteiger partial charge in [-0.05, 0) is 17.5 Å². The van der Waals surface area contributed by atoms with Gasteiger partial charge in [-0.3, -0.25) is 10.1 Å². The van der Waals surface area contributed by atoms with Crippen LogP contribution >= 0.6 is 0 Å². The molecule has 1 atom stereocenters.